The summed E-state index contributed by atoms with van der Waals surface area (Å²) in [4.78, 5) is 16.3. The Hall–Kier alpha value is -1.42. The van der Waals surface area contributed by atoms with Crippen LogP contribution in [0.2, 0.25) is 0 Å². The summed E-state index contributed by atoms with van der Waals surface area (Å²) in [6, 6.07) is 3.88. The van der Waals surface area contributed by atoms with Crippen LogP contribution in [0.15, 0.2) is 18.3 Å². The number of hydrogen-bond donors (Lipinski definition) is 2. The van der Waals surface area contributed by atoms with E-state index in [1.54, 1.807) is 12.3 Å². The van der Waals surface area contributed by atoms with Crippen LogP contribution in [0.5, 0.6) is 0 Å². The molecule has 0 bridgehead atoms. The van der Waals surface area contributed by atoms with Crippen LogP contribution in [0.25, 0.3) is 0 Å². The van der Waals surface area contributed by atoms with Crippen LogP contribution in [-0.2, 0) is 6.54 Å². The van der Waals surface area contributed by atoms with E-state index < -0.39 is 0 Å². The smallest absolute Gasteiger partial charge is 0.270 e. The third kappa shape index (κ3) is 3.53. The second-order valence-electron chi connectivity index (χ2n) is 5.69. The number of pyridine rings is 1. The Morgan fingerprint density at radius 2 is 2.16 bits per heavy atom. The van der Waals surface area contributed by atoms with E-state index in [0.29, 0.717) is 18.2 Å². The van der Waals surface area contributed by atoms with E-state index in [9.17, 15) is 4.79 Å². The van der Waals surface area contributed by atoms with Crippen molar-refractivity contribution in [2.45, 2.75) is 45.7 Å². The summed E-state index contributed by atoms with van der Waals surface area (Å²) in [7, 11) is 0. The van der Waals surface area contributed by atoms with Gasteiger partial charge in [-0.25, -0.2) is 0 Å². The Kier molecular flexibility index (Phi) is 4.53. The predicted octanol–water partition coefficient (Wildman–Crippen LogP) is 2.09. The van der Waals surface area contributed by atoms with Gasteiger partial charge in [0, 0.05) is 18.8 Å². The average molecular weight is 261 g/mol. The first kappa shape index (κ1) is 14.0. The molecule has 3 atom stereocenters. The molecule has 2 rings (SSSR count). The predicted molar refractivity (Wildman–Crippen MR) is 75.6 cm³/mol. The zero-order valence-electron chi connectivity index (χ0n) is 11.7. The molecule has 0 aliphatic heterocycles. The topological polar surface area (TPSA) is 68.0 Å². The van der Waals surface area contributed by atoms with E-state index >= 15 is 0 Å². The first-order valence-corrected chi connectivity index (χ1v) is 7.06. The highest BCUT2D eigenvalue weighted by atomic mass is 16.1. The molecule has 1 amide bonds. The lowest BCUT2D eigenvalue weighted by Gasteiger charge is -2.32. The molecule has 0 radical (unpaired) electrons. The lowest BCUT2D eigenvalue weighted by atomic mass is 9.79. The van der Waals surface area contributed by atoms with E-state index in [1.807, 2.05) is 6.07 Å². The molecular weight excluding hydrogens is 238 g/mol. The molecule has 1 saturated carbocycles. The molecule has 0 aromatic carbocycles. The number of nitrogens with zero attached hydrogens (tertiary/aromatic N) is 1. The van der Waals surface area contributed by atoms with Gasteiger partial charge in [-0.2, -0.15) is 0 Å². The maximum absolute atomic E-state index is 12.1. The van der Waals surface area contributed by atoms with E-state index in [-0.39, 0.29) is 11.9 Å². The Morgan fingerprint density at radius 3 is 2.74 bits per heavy atom. The molecule has 1 fully saturated rings. The van der Waals surface area contributed by atoms with Gasteiger partial charge in [-0.3, -0.25) is 9.78 Å². The summed E-state index contributed by atoms with van der Waals surface area (Å²) < 4.78 is 0. The number of amides is 1. The molecule has 1 aromatic heterocycles. The monoisotopic (exact) mass is 261 g/mol. The number of carbonyl (C=O) groups is 1. The van der Waals surface area contributed by atoms with Gasteiger partial charge in [-0.05, 0) is 42.7 Å². The van der Waals surface area contributed by atoms with Gasteiger partial charge in [0.1, 0.15) is 5.69 Å². The van der Waals surface area contributed by atoms with Gasteiger partial charge in [0.25, 0.3) is 5.91 Å². The summed E-state index contributed by atoms with van der Waals surface area (Å²) >= 11 is 0. The lowest BCUT2D eigenvalue weighted by molar-refractivity contribution is 0.0905. The molecule has 1 heterocycles. The van der Waals surface area contributed by atoms with E-state index in [2.05, 4.69) is 24.1 Å². The van der Waals surface area contributed by atoms with Crippen LogP contribution in [0.4, 0.5) is 0 Å². The lowest BCUT2D eigenvalue weighted by Crippen LogP contribution is -2.40. The summed E-state index contributed by atoms with van der Waals surface area (Å²) in [5.74, 6) is 1.36. The first-order valence-electron chi connectivity index (χ1n) is 7.06. The quantitative estimate of drug-likeness (QED) is 0.875. The Morgan fingerprint density at radius 1 is 1.37 bits per heavy atom. The Labute approximate surface area is 114 Å². The van der Waals surface area contributed by atoms with Crippen molar-refractivity contribution in [2.75, 3.05) is 0 Å². The third-order valence-corrected chi connectivity index (χ3v) is 4.23. The molecule has 1 aliphatic rings. The molecular formula is C15H23N3O. The molecule has 4 heteroatoms. The largest absolute Gasteiger partial charge is 0.348 e. The van der Waals surface area contributed by atoms with E-state index in [4.69, 9.17) is 5.73 Å². The fourth-order valence-corrected chi connectivity index (χ4v) is 2.62. The normalized spacial score (nSPS) is 27.0. The minimum Gasteiger partial charge on any atom is -0.348 e. The maximum Gasteiger partial charge on any atom is 0.270 e. The summed E-state index contributed by atoms with van der Waals surface area (Å²) in [5, 5.41) is 3.09. The van der Waals surface area contributed by atoms with Gasteiger partial charge >= 0.3 is 0 Å². The van der Waals surface area contributed by atoms with Gasteiger partial charge in [0.2, 0.25) is 0 Å². The standard InChI is InChI=1S/C15H23N3O/c1-10-3-5-13(7-11(10)2)18-15(19)14-6-4-12(8-16)9-17-14/h4,6,9-11,13H,3,5,7-8,16H2,1-2H3,(H,18,19). The zero-order chi connectivity index (χ0) is 13.8. The van der Waals surface area contributed by atoms with Crippen molar-refractivity contribution >= 4 is 5.91 Å². The van der Waals surface area contributed by atoms with Crippen LogP contribution < -0.4 is 11.1 Å². The van der Waals surface area contributed by atoms with Gasteiger partial charge < -0.3 is 11.1 Å². The summed E-state index contributed by atoms with van der Waals surface area (Å²) in [5.41, 5.74) is 6.93. The maximum atomic E-state index is 12.1. The van der Waals surface area contributed by atoms with E-state index in [0.717, 1.165) is 24.3 Å². The van der Waals surface area contributed by atoms with Crippen LogP contribution >= 0.6 is 0 Å². The minimum absolute atomic E-state index is 0.0738. The molecule has 0 saturated heterocycles. The summed E-state index contributed by atoms with van der Waals surface area (Å²) in [6.07, 6.45) is 4.98. The number of hydrogen-bond acceptors (Lipinski definition) is 3. The third-order valence-electron chi connectivity index (χ3n) is 4.23. The highest BCUT2D eigenvalue weighted by Crippen LogP contribution is 2.29. The van der Waals surface area contributed by atoms with Crippen LogP contribution in [-0.4, -0.2) is 16.9 Å². The zero-order valence-corrected chi connectivity index (χ0v) is 11.7. The Bertz CT molecular complexity index is 430. The molecule has 0 spiro atoms. The van der Waals surface area contributed by atoms with E-state index in [1.165, 1.54) is 6.42 Å². The number of carbonyl (C=O) groups excluding carboxylic acids is 1. The van der Waals surface area contributed by atoms with Crippen molar-refractivity contribution in [2.24, 2.45) is 17.6 Å². The van der Waals surface area contributed by atoms with Gasteiger partial charge in [0.15, 0.2) is 0 Å². The minimum atomic E-state index is -0.0738. The number of aromatic nitrogens is 1. The molecule has 1 aromatic rings. The molecule has 3 N–H and O–H groups in total. The second kappa shape index (κ2) is 6.15. The van der Waals surface area contributed by atoms with Crippen molar-refractivity contribution in [1.82, 2.24) is 10.3 Å². The molecule has 3 unspecified atom stereocenters. The molecule has 1 aliphatic carbocycles. The van der Waals surface area contributed by atoms with Crippen LogP contribution in [0.3, 0.4) is 0 Å². The highest BCUT2D eigenvalue weighted by molar-refractivity contribution is 5.92. The Balaban J connectivity index is 1.93. The van der Waals surface area contributed by atoms with Crippen molar-refractivity contribution in [1.29, 1.82) is 0 Å². The summed E-state index contributed by atoms with van der Waals surface area (Å²) in [6.45, 7) is 5.00. The number of nitrogens with one attached hydrogen (secondary N) is 1. The molecule has 4 nitrogen and oxygen atoms in total. The average Bonchev–Trinajstić information content (AvgIpc) is 2.43. The van der Waals surface area contributed by atoms with Crippen LogP contribution in [0, 0.1) is 11.8 Å². The number of nitrogens with two attached hydrogens (primary N) is 1. The highest BCUT2D eigenvalue weighted by Gasteiger charge is 2.25. The van der Waals surface area contributed by atoms with Gasteiger partial charge in [-0.15, -0.1) is 0 Å². The SMILES string of the molecule is CC1CCC(NC(=O)c2ccc(CN)cn2)CC1C. The van der Waals surface area contributed by atoms with Crippen LogP contribution in [0.1, 0.15) is 49.2 Å². The fourth-order valence-electron chi connectivity index (χ4n) is 2.62. The van der Waals surface area contributed by atoms with Crippen molar-refractivity contribution in [3.8, 4) is 0 Å². The first-order chi connectivity index (χ1) is 9.10. The van der Waals surface area contributed by atoms with Gasteiger partial charge in [-0.1, -0.05) is 19.9 Å². The molecule has 104 valence electrons. The van der Waals surface area contributed by atoms with Gasteiger partial charge in [0.05, 0.1) is 0 Å². The molecule has 19 heavy (non-hydrogen) atoms. The van der Waals surface area contributed by atoms with Crippen molar-refractivity contribution in [3.05, 3.63) is 29.6 Å². The fraction of sp³-hybridized carbons (Fsp3) is 0.600. The number of rotatable bonds is 3. The van der Waals surface area contributed by atoms with Crippen molar-refractivity contribution in [3.63, 3.8) is 0 Å². The van der Waals surface area contributed by atoms with Crippen molar-refractivity contribution < 1.29 is 4.79 Å². The second-order valence-corrected chi connectivity index (χ2v) is 5.69.